The van der Waals surface area contributed by atoms with Gasteiger partial charge in [0.15, 0.2) is 0 Å². The highest BCUT2D eigenvalue weighted by molar-refractivity contribution is 5.79. The van der Waals surface area contributed by atoms with E-state index in [4.69, 9.17) is 4.74 Å². The van der Waals surface area contributed by atoms with Crippen molar-refractivity contribution < 1.29 is 14.5 Å². The highest BCUT2D eigenvalue weighted by atomic mass is 16.6. The van der Waals surface area contributed by atoms with Crippen LogP contribution in [0.3, 0.4) is 0 Å². The lowest BCUT2D eigenvalue weighted by Crippen LogP contribution is -2.49. The summed E-state index contributed by atoms with van der Waals surface area (Å²) >= 11 is 0. The van der Waals surface area contributed by atoms with E-state index in [9.17, 15) is 14.9 Å². The van der Waals surface area contributed by atoms with Crippen LogP contribution in [0.1, 0.15) is 19.8 Å². The smallest absolute Gasteiger partial charge is 0.292 e. The molecule has 1 amide bonds. The van der Waals surface area contributed by atoms with Gasteiger partial charge in [-0.1, -0.05) is 12.1 Å². The van der Waals surface area contributed by atoms with Gasteiger partial charge < -0.3 is 14.5 Å². The van der Waals surface area contributed by atoms with Crippen molar-refractivity contribution in [2.75, 3.05) is 37.7 Å². The highest BCUT2D eigenvalue weighted by Gasteiger charge is 2.32. The van der Waals surface area contributed by atoms with Crippen molar-refractivity contribution in [3.05, 3.63) is 34.4 Å². The van der Waals surface area contributed by atoms with E-state index in [1.54, 1.807) is 12.1 Å². The van der Waals surface area contributed by atoms with Gasteiger partial charge in [-0.15, -0.1) is 0 Å². The number of anilines is 1. The molecule has 3 rings (SSSR count). The van der Waals surface area contributed by atoms with Crippen molar-refractivity contribution in [1.29, 1.82) is 0 Å². The summed E-state index contributed by atoms with van der Waals surface area (Å²) in [5.41, 5.74) is 0.776. The molecule has 1 unspecified atom stereocenters. The average Bonchev–Trinajstić information content (AvgIpc) is 2.61. The van der Waals surface area contributed by atoms with Gasteiger partial charge in [0, 0.05) is 38.2 Å². The summed E-state index contributed by atoms with van der Waals surface area (Å²) in [6.07, 6.45) is 1.56. The molecule has 0 spiro atoms. The average molecular weight is 333 g/mol. The number of benzene rings is 1. The summed E-state index contributed by atoms with van der Waals surface area (Å²) in [5, 5.41) is 11.2. The van der Waals surface area contributed by atoms with Crippen LogP contribution in [0.5, 0.6) is 0 Å². The third kappa shape index (κ3) is 3.51. The Morgan fingerprint density at radius 2 is 1.96 bits per heavy atom. The molecular weight excluding hydrogens is 310 g/mol. The molecule has 130 valence electrons. The maximum atomic E-state index is 12.7. The number of carbonyl (C=O) groups is 1. The second-order valence-electron chi connectivity index (χ2n) is 6.47. The summed E-state index contributed by atoms with van der Waals surface area (Å²) in [7, 11) is 0. The number of nitrogens with zero attached hydrogens (tertiary/aromatic N) is 3. The Morgan fingerprint density at radius 1 is 1.25 bits per heavy atom. The van der Waals surface area contributed by atoms with Crippen LogP contribution in [0, 0.1) is 16.0 Å². The lowest BCUT2D eigenvalue weighted by molar-refractivity contribution is -0.384. The highest BCUT2D eigenvalue weighted by Crippen LogP contribution is 2.31. The zero-order valence-corrected chi connectivity index (χ0v) is 13.9. The van der Waals surface area contributed by atoms with Crippen molar-refractivity contribution in [2.24, 2.45) is 5.92 Å². The third-order valence-electron chi connectivity index (χ3n) is 4.82. The Hall–Kier alpha value is -2.15. The van der Waals surface area contributed by atoms with E-state index in [0.717, 1.165) is 12.8 Å². The van der Waals surface area contributed by atoms with E-state index in [2.05, 4.69) is 0 Å². The molecule has 2 heterocycles. The second-order valence-corrected chi connectivity index (χ2v) is 6.47. The van der Waals surface area contributed by atoms with E-state index < -0.39 is 0 Å². The molecule has 7 nitrogen and oxygen atoms in total. The molecule has 1 aromatic carbocycles. The van der Waals surface area contributed by atoms with E-state index in [-0.39, 0.29) is 28.5 Å². The Bertz CT molecular complexity index is 614. The first kappa shape index (κ1) is 16.7. The topological polar surface area (TPSA) is 75.9 Å². The molecule has 0 aliphatic carbocycles. The lowest BCUT2D eigenvalue weighted by atomic mass is 9.94. The monoisotopic (exact) mass is 333 g/mol. The number of piperidine rings is 1. The molecule has 0 radical (unpaired) electrons. The van der Waals surface area contributed by atoms with Crippen molar-refractivity contribution in [3.63, 3.8) is 0 Å². The molecule has 2 fully saturated rings. The van der Waals surface area contributed by atoms with E-state index >= 15 is 0 Å². The van der Waals surface area contributed by atoms with Gasteiger partial charge in [-0.2, -0.15) is 0 Å². The van der Waals surface area contributed by atoms with Crippen LogP contribution in [-0.4, -0.2) is 54.6 Å². The lowest BCUT2D eigenvalue weighted by Gasteiger charge is -2.37. The Morgan fingerprint density at radius 3 is 2.62 bits per heavy atom. The van der Waals surface area contributed by atoms with Gasteiger partial charge in [0.1, 0.15) is 5.69 Å². The van der Waals surface area contributed by atoms with Crippen LogP contribution in [0.2, 0.25) is 0 Å². The maximum absolute atomic E-state index is 12.7. The van der Waals surface area contributed by atoms with Crippen LogP contribution < -0.4 is 4.90 Å². The number of rotatable bonds is 3. The molecule has 2 aliphatic heterocycles. The van der Waals surface area contributed by atoms with Crippen molar-refractivity contribution in [3.8, 4) is 0 Å². The predicted octanol–water partition coefficient (Wildman–Crippen LogP) is 2.06. The summed E-state index contributed by atoms with van der Waals surface area (Å²) in [6.45, 7) is 5.23. The van der Waals surface area contributed by atoms with Crippen LogP contribution in [0.4, 0.5) is 11.4 Å². The van der Waals surface area contributed by atoms with E-state index in [0.29, 0.717) is 38.5 Å². The molecule has 0 saturated carbocycles. The Labute approximate surface area is 141 Å². The number of hydrogen-bond acceptors (Lipinski definition) is 5. The summed E-state index contributed by atoms with van der Waals surface area (Å²) < 4.78 is 5.49. The number of nitro benzene ring substituents is 1. The minimum absolute atomic E-state index is 0.00863. The molecule has 0 N–H and O–H groups in total. The molecule has 1 aromatic rings. The summed E-state index contributed by atoms with van der Waals surface area (Å²) in [4.78, 5) is 27.4. The summed E-state index contributed by atoms with van der Waals surface area (Å²) in [5.74, 6) is 0.210. The number of nitro groups is 1. The molecule has 2 aliphatic rings. The SMILES string of the molecule is CC1CN(C(=O)C2CCN(c3ccccc3[N+](=O)[O-])CC2)CCO1. The van der Waals surface area contributed by atoms with Gasteiger partial charge in [-0.3, -0.25) is 14.9 Å². The number of hydrogen-bond donors (Lipinski definition) is 0. The normalized spacial score (nSPS) is 22.5. The van der Waals surface area contributed by atoms with Gasteiger partial charge in [0.2, 0.25) is 5.91 Å². The predicted molar refractivity (Wildman–Crippen MR) is 90.0 cm³/mol. The fourth-order valence-corrected chi connectivity index (χ4v) is 3.53. The Balaban J connectivity index is 1.62. The van der Waals surface area contributed by atoms with Crippen LogP contribution in [0.25, 0.3) is 0 Å². The fourth-order valence-electron chi connectivity index (χ4n) is 3.53. The first-order valence-corrected chi connectivity index (χ1v) is 8.45. The maximum Gasteiger partial charge on any atom is 0.292 e. The van der Waals surface area contributed by atoms with Crippen molar-refractivity contribution in [2.45, 2.75) is 25.9 Å². The Kier molecular flexibility index (Phi) is 4.99. The quantitative estimate of drug-likeness (QED) is 0.625. The largest absolute Gasteiger partial charge is 0.375 e. The van der Waals surface area contributed by atoms with Crippen molar-refractivity contribution >= 4 is 17.3 Å². The van der Waals surface area contributed by atoms with E-state index in [1.807, 2.05) is 22.8 Å². The van der Waals surface area contributed by atoms with Crippen LogP contribution in [-0.2, 0) is 9.53 Å². The van der Waals surface area contributed by atoms with Crippen LogP contribution in [0.15, 0.2) is 24.3 Å². The molecule has 1 atom stereocenters. The first-order chi connectivity index (χ1) is 11.6. The van der Waals surface area contributed by atoms with Gasteiger partial charge in [0.25, 0.3) is 5.69 Å². The van der Waals surface area contributed by atoms with Gasteiger partial charge in [-0.25, -0.2) is 0 Å². The fraction of sp³-hybridized carbons (Fsp3) is 0.588. The molecule has 7 heteroatoms. The zero-order valence-electron chi connectivity index (χ0n) is 13.9. The molecule has 2 saturated heterocycles. The van der Waals surface area contributed by atoms with E-state index in [1.165, 1.54) is 6.07 Å². The van der Waals surface area contributed by atoms with Gasteiger partial charge in [-0.05, 0) is 25.8 Å². The first-order valence-electron chi connectivity index (χ1n) is 8.45. The molecule has 0 aromatic heterocycles. The van der Waals surface area contributed by atoms with Crippen molar-refractivity contribution in [1.82, 2.24) is 4.90 Å². The molecule has 0 bridgehead atoms. The number of para-hydroxylation sites is 2. The zero-order chi connectivity index (χ0) is 17.1. The number of ether oxygens (including phenoxy) is 1. The van der Waals surface area contributed by atoms with Gasteiger partial charge >= 0.3 is 0 Å². The van der Waals surface area contributed by atoms with Gasteiger partial charge in [0.05, 0.1) is 17.6 Å². The molecule has 24 heavy (non-hydrogen) atoms. The second kappa shape index (κ2) is 7.17. The number of carbonyl (C=O) groups excluding carboxylic acids is 1. The number of morpholine rings is 1. The standard InChI is InChI=1S/C17H23N3O4/c1-13-12-19(10-11-24-13)17(21)14-6-8-18(9-7-14)15-4-2-3-5-16(15)20(22)23/h2-5,13-14H,6-12H2,1H3. The number of amides is 1. The van der Waals surface area contributed by atoms with Crippen LogP contribution >= 0.6 is 0 Å². The minimum atomic E-state index is -0.346. The summed E-state index contributed by atoms with van der Waals surface area (Å²) in [6, 6.07) is 6.80. The molecular formula is C17H23N3O4. The minimum Gasteiger partial charge on any atom is -0.375 e. The third-order valence-corrected chi connectivity index (χ3v) is 4.82.